The second kappa shape index (κ2) is 9.60. The molecular formula is C24H28N4O2S. The first-order chi connectivity index (χ1) is 15.0. The van der Waals surface area contributed by atoms with Gasteiger partial charge in [0.1, 0.15) is 0 Å². The van der Waals surface area contributed by atoms with E-state index in [1.165, 1.54) is 5.69 Å². The molecule has 6 nitrogen and oxygen atoms in total. The number of hydrogen-bond donors (Lipinski definition) is 1. The number of rotatable bonds is 7. The summed E-state index contributed by atoms with van der Waals surface area (Å²) in [6, 6.07) is 21.2. The van der Waals surface area contributed by atoms with E-state index in [4.69, 9.17) is 0 Å². The van der Waals surface area contributed by atoms with E-state index in [1.54, 1.807) is 18.3 Å². The number of piperazine rings is 1. The molecule has 0 radical (unpaired) electrons. The first-order valence-corrected chi connectivity index (χ1v) is 12.0. The van der Waals surface area contributed by atoms with Gasteiger partial charge in [0.15, 0.2) is 0 Å². The van der Waals surface area contributed by atoms with Gasteiger partial charge in [0.25, 0.3) is 0 Å². The maximum absolute atomic E-state index is 12.8. The molecule has 1 aromatic heterocycles. The van der Waals surface area contributed by atoms with Gasteiger partial charge in [-0.25, -0.2) is 13.1 Å². The number of hydrogen-bond acceptors (Lipinski definition) is 5. The van der Waals surface area contributed by atoms with Crippen molar-refractivity contribution in [3.8, 4) is 0 Å². The highest BCUT2D eigenvalue weighted by Gasteiger charge is 2.27. The summed E-state index contributed by atoms with van der Waals surface area (Å²) in [5, 5.41) is 0. The number of anilines is 1. The molecule has 1 N–H and O–H groups in total. The molecule has 3 aromatic rings. The lowest BCUT2D eigenvalue weighted by Crippen LogP contribution is -2.49. The van der Waals surface area contributed by atoms with Gasteiger partial charge in [-0.1, -0.05) is 42.0 Å². The summed E-state index contributed by atoms with van der Waals surface area (Å²) < 4.78 is 28.5. The van der Waals surface area contributed by atoms with Crippen LogP contribution in [0.15, 0.2) is 84.0 Å². The van der Waals surface area contributed by atoms with Gasteiger partial charge in [0.05, 0.1) is 10.9 Å². The van der Waals surface area contributed by atoms with Gasteiger partial charge in [-0.3, -0.25) is 9.88 Å². The Balaban J connectivity index is 1.47. The monoisotopic (exact) mass is 436 g/mol. The molecule has 7 heteroatoms. The van der Waals surface area contributed by atoms with Crippen molar-refractivity contribution in [1.82, 2.24) is 14.6 Å². The topological polar surface area (TPSA) is 65.5 Å². The van der Waals surface area contributed by atoms with Crippen LogP contribution in [-0.2, 0) is 10.0 Å². The van der Waals surface area contributed by atoms with E-state index in [2.05, 4.69) is 43.8 Å². The van der Waals surface area contributed by atoms with Gasteiger partial charge < -0.3 is 4.90 Å². The lowest BCUT2D eigenvalue weighted by atomic mass is 10.1. The van der Waals surface area contributed by atoms with Gasteiger partial charge in [0.2, 0.25) is 10.0 Å². The van der Waals surface area contributed by atoms with Crippen LogP contribution in [0, 0.1) is 6.92 Å². The summed E-state index contributed by atoms with van der Waals surface area (Å²) in [6.45, 7) is 5.73. The summed E-state index contributed by atoms with van der Waals surface area (Å²) in [6.07, 6.45) is 3.57. The quantitative estimate of drug-likeness (QED) is 0.616. The lowest BCUT2D eigenvalue weighted by molar-refractivity contribution is 0.186. The minimum atomic E-state index is -3.58. The summed E-state index contributed by atoms with van der Waals surface area (Å²) in [7, 11) is -3.58. The third-order valence-corrected chi connectivity index (χ3v) is 7.18. The number of benzene rings is 2. The summed E-state index contributed by atoms with van der Waals surface area (Å²) >= 11 is 0. The molecule has 2 aromatic carbocycles. The van der Waals surface area contributed by atoms with E-state index < -0.39 is 10.0 Å². The van der Waals surface area contributed by atoms with Crippen molar-refractivity contribution in [1.29, 1.82) is 0 Å². The largest absolute Gasteiger partial charge is 0.369 e. The molecule has 1 fully saturated rings. The Bertz CT molecular complexity index is 1070. The second-order valence-electron chi connectivity index (χ2n) is 7.83. The first-order valence-electron chi connectivity index (χ1n) is 10.5. The second-order valence-corrected chi connectivity index (χ2v) is 9.59. The number of para-hydroxylation sites is 1. The zero-order valence-electron chi connectivity index (χ0n) is 17.7. The van der Waals surface area contributed by atoms with Crippen LogP contribution in [0.2, 0.25) is 0 Å². The molecule has 0 spiro atoms. The molecule has 1 aliphatic heterocycles. The van der Waals surface area contributed by atoms with Crippen LogP contribution in [0.5, 0.6) is 0 Å². The molecule has 2 heterocycles. The van der Waals surface area contributed by atoms with Gasteiger partial charge in [-0.2, -0.15) is 0 Å². The number of nitrogens with zero attached hydrogens (tertiary/aromatic N) is 3. The minimum absolute atomic E-state index is 0.0770. The van der Waals surface area contributed by atoms with E-state index in [-0.39, 0.29) is 10.9 Å². The highest BCUT2D eigenvalue weighted by atomic mass is 32.2. The van der Waals surface area contributed by atoms with Gasteiger partial charge in [0, 0.05) is 50.8 Å². The molecule has 0 aliphatic carbocycles. The average molecular weight is 437 g/mol. The zero-order chi connectivity index (χ0) is 21.7. The van der Waals surface area contributed by atoms with E-state index in [0.717, 1.165) is 37.3 Å². The van der Waals surface area contributed by atoms with Crippen molar-refractivity contribution in [2.45, 2.75) is 17.9 Å². The molecule has 162 valence electrons. The minimum Gasteiger partial charge on any atom is -0.369 e. The molecule has 1 aliphatic rings. The molecule has 0 saturated carbocycles. The Morgan fingerprint density at radius 2 is 1.65 bits per heavy atom. The van der Waals surface area contributed by atoms with Crippen molar-refractivity contribution in [3.05, 3.63) is 90.3 Å². The van der Waals surface area contributed by atoms with E-state index in [9.17, 15) is 8.42 Å². The van der Waals surface area contributed by atoms with E-state index >= 15 is 0 Å². The van der Waals surface area contributed by atoms with Gasteiger partial charge in [-0.05, 0) is 42.8 Å². The molecule has 4 rings (SSSR count). The van der Waals surface area contributed by atoms with Crippen molar-refractivity contribution in [3.63, 3.8) is 0 Å². The first kappa shape index (κ1) is 21.5. The molecular weight excluding hydrogens is 408 g/mol. The normalized spacial score (nSPS) is 16.2. The Kier molecular flexibility index (Phi) is 6.65. The SMILES string of the molecule is Cc1ccc(S(=O)(=O)NCC(c2cccnc2)N2CCN(c3ccccc3)CC2)cc1. The summed E-state index contributed by atoms with van der Waals surface area (Å²) in [4.78, 5) is 9.26. The molecule has 1 saturated heterocycles. The van der Waals surface area contributed by atoms with Gasteiger partial charge in [-0.15, -0.1) is 0 Å². The van der Waals surface area contributed by atoms with Crippen LogP contribution in [0.1, 0.15) is 17.2 Å². The maximum atomic E-state index is 12.8. The standard InChI is InChI=1S/C24H28N4O2S/c1-20-9-11-23(12-10-20)31(29,30)26-19-24(21-6-5-13-25-18-21)28-16-14-27(15-17-28)22-7-3-2-4-8-22/h2-13,18,24,26H,14-17,19H2,1H3. The molecule has 1 atom stereocenters. The fourth-order valence-electron chi connectivity index (χ4n) is 3.95. The van der Waals surface area contributed by atoms with Crippen LogP contribution in [-0.4, -0.2) is 51.0 Å². The van der Waals surface area contributed by atoms with E-state index in [0.29, 0.717) is 6.54 Å². The molecule has 1 unspecified atom stereocenters. The zero-order valence-corrected chi connectivity index (χ0v) is 18.5. The van der Waals surface area contributed by atoms with Crippen LogP contribution >= 0.6 is 0 Å². The van der Waals surface area contributed by atoms with Crippen LogP contribution < -0.4 is 9.62 Å². The highest BCUT2D eigenvalue weighted by Crippen LogP contribution is 2.24. The Labute approximate surface area is 184 Å². The summed E-state index contributed by atoms with van der Waals surface area (Å²) in [5.74, 6) is 0. The summed E-state index contributed by atoms with van der Waals surface area (Å²) in [5.41, 5.74) is 3.27. The average Bonchev–Trinajstić information content (AvgIpc) is 2.81. The van der Waals surface area contributed by atoms with Crippen molar-refractivity contribution >= 4 is 15.7 Å². The fraction of sp³-hybridized carbons (Fsp3) is 0.292. The number of aromatic nitrogens is 1. The highest BCUT2D eigenvalue weighted by molar-refractivity contribution is 7.89. The Hall–Kier alpha value is -2.74. The third-order valence-electron chi connectivity index (χ3n) is 5.74. The molecule has 31 heavy (non-hydrogen) atoms. The van der Waals surface area contributed by atoms with Gasteiger partial charge >= 0.3 is 0 Å². The van der Waals surface area contributed by atoms with Crippen LogP contribution in [0.4, 0.5) is 5.69 Å². The number of aryl methyl sites for hydroxylation is 1. The third kappa shape index (κ3) is 5.31. The maximum Gasteiger partial charge on any atom is 0.240 e. The molecule has 0 amide bonds. The predicted molar refractivity (Wildman–Crippen MR) is 124 cm³/mol. The Morgan fingerprint density at radius 1 is 0.935 bits per heavy atom. The van der Waals surface area contributed by atoms with E-state index in [1.807, 2.05) is 43.5 Å². The predicted octanol–water partition coefficient (Wildman–Crippen LogP) is 3.23. The van der Waals surface area contributed by atoms with Crippen LogP contribution in [0.25, 0.3) is 0 Å². The Morgan fingerprint density at radius 3 is 2.29 bits per heavy atom. The smallest absolute Gasteiger partial charge is 0.240 e. The fourth-order valence-corrected chi connectivity index (χ4v) is 4.99. The van der Waals surface area contributed by atoms with Crippen molar-refractivity contribution in [2.75, 3.05) is 37.6 Å². The number of sulfonamides is 1. The van der Waals surface area contributed by atoms with Crippen LogP contribution in [0.3, 0.4) is 0 Å². The molecule has 0 bridgehead atoms. The number of pyridine rings is 1. The number of nitrogens with one attached hydrogen (secondary N) is 1. The van der Waals surface area contributed by atoms with Crippen molar-refractivity contribution < 1.29 is 8.42 Å². The van der Waals surface area contributed by atoms with Crippen molar-refractivity contribution in [2.24, 2.45) is 0 Å². The lowest BCUT2D eigenvalue weighted by Gasteiger charge is -2.40.